The standard InChI is InChI=1S/C21H16N2O4/c1-13(24)23-16(11-15-5-3-4-6-19(15)23)12-18-21(25)27-20(22-18)14-7-9-17(26-2)10-8-14/h3-12H,1-2H3. The maximum atomic E-state index is 12.3. The van der Waals surface area contributed by atoms with E-state index in [1.807, 2.05) is 30.3 Å². The van der Waals surface area contributed by atoms with Crippen molar-refractivity contribution in [2.45, 2.75) is 6.92 Å². The molecule has 1 aromatic heterocycles. The van der Waals surface area contributed by atoms with Gasteiger partial charge in [-0.2, -0.15) is 0 Å². The third-order valence-corrected chi connectivity index (χ3v) is 4.30. The fourth-order valence-electron chi connectivity index (χ4n) is 3.04. The second kappa shape index (κ2) is 6.57. The summed E-state index contributed by atoms with van der Waals surface area (Å²) in [5, 5.41) is 0.908. The normalized spacial score (nSPS) is 15.1. The van der Waals surface area contributed by atoms with Crippen LogP contribution in [-0.4, -0.2) is 29.5 Å². The van der Waals surface area contributed by atoms with E-state index in [1.165, 1.54) is 6.92 Å². The first-order chi connectivity index (χ1) is 13.1. The van der Waals surface area contributed by atoms with E-state index in [0.717, 1.165) is 10.9 Å². The van der Waals surface area contributed by atoms with E-state index < -0.39 is 5.97 Å². The van der Waals surface area contributed by atoms with Crippen LogP contribution in [0.2, 0.25) is 0 Å². The highest BCUT2D eigenvalue weighted by molar-refractivity contribution is 6.13. The minimum absolute atomic E-state index is 0.145. The third-order valence-electron chi connectivity index (χ3n) is 4.30. The van der Waals surface area contributed by atoms with Crippen LogP contribution in [0.4, 0.5) is 0 Å². The number of fused-ring (bicyclic) bond motifs is 1. The van der Waals surface area contributed by atoms with E-state index in [1.54, 1.807) is 42.0 Å². The lowest BCUT2D eigenvalue weighted by Gasteiger charge is -2.02. The molecule has 0 saturated carbocycles. The number of rotatable bonds is 3. The first kappa shape index (κ1) is 16.8. The Labute approximate surface area is 155 Å². The van der Waals surface area contributed by atoms with Gasteiger partial charge in [0.25, 0.3) is 0 Å². The van der Waals surface area contributed by atoms with Gasteiger partial charge in [0.2, 0.25) is 11.8 Å². The van der Waals surface area contributed by atoms with E-state index in [2.05, 4.69) is 4.99 Å². The quantitative estimate of drug-likeness (QED) is 0.528. The van der Waals surface area contributed by atoms with Crippen molar-refractivity contribution in [1.82, 2.24) is 4.57 Å². The van der Waals surface area contributed by atoms with Crippen LogP contribution < -0.4 is 4.74 Å². The molecular formula is C21H16N2O4. The summed E-state index contributed by atoms with van der Waals surface area (Å²) >= 11 is 0. The number of aliphatic imine (C=N–C) groups is 1. The molecule has 1 aliphatic rings. The van der Waals surface area contributed by atoms with Crippen LogP contribution in [0.5, 0.6) is 5.75 Å². The lowest BCUT2D eigenvalue weighted by Crippen LogP contribution is -2.08. The molecule has 27 heavy (non-hydrogen) atoms. The minimum atomic E-state index is -0.554. The smallest absolute Gasteiger partial charge is 0.363 e. The number of ether oxygens (including phenoxy) is 2. The van der Waals surface area contributed by atoms with Crippen molar-refractivity contribution in [3.05, 3.63) is 71.6 Å². The second-order valence-corrected chi connectivity index (χ2v) is 6.05. The summed E-state index contributed by atoms with van der Waals surface area (Å²) in [5.41, 5.74) is 2.17. The Balaban J connectivity index is 1.76. The molecule has 0 bridgehead atoms. The van der Waals surface area contributed by atoms with Crippen molar-refractivity contribution in [2.24, 2.45) is 4.99 Å². The van der Waals surface area contributed by atoms with Gasteiger partial charge in [-0.1, -0.05) is 18.2 Å². The molecule has 4 rings (SSSR count). The summed E-state index contributed by atoms with van der Waals surface area (Å²) in [5.74, 6) is 0.222. The lowest BCUT2D eigenvalue weighted by molar-refractivity contribution is -0.129. The van der Waals surface area contributed by atoms with Crippen LogP contribution in [0.1, 0.15) is 23.0 Å². The molecule has 3 aromatic rings. The molecule has 0 unspecified atom stereocenters. The number of nitrogens with zero attached hydrogens (tertiary/aromatic N) is 2. The number of hydrogen-bond acceptors (Lipinski definition) is 5. The van der Waals surface area contributed by atoms with Crippen LogP contribution in [0, 0.1) is 0 Å². The zero-order chi connectivity index (χ0) is 19.0. The van der Waals surface area contributed by atoms with Gasteiger partial charge in [-0.25, -0.2) is 9.79 Å². The highest BCUT2D eigenvalue weighted by atomic mass is 16.6. The summed E-state index contributed by atoms with van der Waals surface area (Å²) in [6, 6.07) is 16.4. The van der Waals surface area contributed by atoms with Crippen molar-refractivity contribution in [1.29, 1.82) is 0 Å². The molecule has 0 fully saturated rings. The highest BCUT2D eigenvalue weighted by Gasteiger charge is 2.25. The van der Waals surface area contributed by atoms with Crippen LogP contribution in [-0.2, 0) is 9.53 Å². The summed E-state index contributed by atoms with van der Waals surface area (Å²) < 4.78 is 12.0. The Kier molecular flexibility index (Phi) is 4.08. The number of methoxy groups -OCH3 is 1. The Morgan fingerprint density at radius 2 is 1.89 bits per heavy atom. The fourth-order valence-corrected chi connectivity index (χ4v) is 3.04. The number of carbonyl (C=O) groups excluding carboxylic acids is 2. The molecule has 134 valence electrons. The number of benzene rings is 2. The summed E-state index contributed by atoms with van der Waals surface area (Å²) in [4.78, 5) is 28.7. The van der Waals surface area contributed by atoms with Crippen molar-refractivity contribution in [3.8, 4) is 5.75 Å². The predicted molar refractivity (Wildman–Crippen MR) is 102 cm³/mol. The Bertz CT molecular complexity index is 1120. The van der Waals surface area contributed by atoms with E-state index in [0.29, 0.717) is 17.0 Å². The number of esters is 1. The van der Waals surface area contributed by atoms with Gasteiger partial charge in [-0.05, 0) is 42.5 Å². The van der Waals surface area contributed by atoms with Crippen molar-refractivity contribution < 1.29 is 19.1 Å². The Hall–Kier alpha value is -3.67. The molecule has 6 nitrogen and oxygen atoms in total. The first-order valence-electron chi connectivity index (χ1n) is 8.35. The molecule has 0 amide bonds. The molecule has 6 heteroatoms. The Morgan fingerprint density at radius 3 is 2.59 bits per heavy atom. The predicted octanol–water partition coefficient (Wildman–Crippen LogP) is 3.65. The van der Waals surface area contributed by atoms with Gasteiger partial charge in [0.1, 0.15) is 5.75 Å². The maximum Gasteiger partial charge on any atom is 0.363 e. The molecule has 0 aliphatic carbocycles. The second-order valence-electron chi connectivity index (χ2n) is 6.05. The van der Waals surface area contributed by atoms with Crippen LogP contribution in [0.25, 0.3) is 17.0 Å². The zero-order valence-electron chi connectivity index (χ0n) is 14.8. The number of aromatic nitrogens is 1. The van der Waals surface area contributed by atoms with E-state index in [9.17, 15) is 9.59 Å². The number of hydrogen-bond donors (Lipinski definition) is 0. The topological polar surface area (TPSA) is 69.9 Å². The molecular weight excluding hydrogens is 344 g/mol. The molecule has 0 atom stereocenters. The van der Waals surface area contributed by atoms with E-state index in [-0.39, 0.29) is 17.5 Å². The summed E-state index contributed by atoms with van der Waals surface area (Å²) in [7, 11) is 1.58. The third kappa shape index (κ3) is 3.01. The van der Waals surface area contributed by atoms with Gasteiger partial charge in [-0.3, -0.25) is 9.36 Å². The largest absolute Gasteiger partial charge is 0.497 e. The van der Waals surface area contributed by atoms with Crippen molar-refractivity contribution >= 4 is 34.8 Å². The van der Waals surface area contributed by atoms with E-state index in [4.69, 9.17) is 9.47 Å². The number of cyclic esters (lactones) is 1. The molecule has 1 aliphatic heterocycles. The van der Waals surface area contributed by atoms with Crippen LogP contribution in [0.15, 0.2) is 65.3 Å². The Morgan fingerprint density at radius 1 is 1.15 bits per heavy atom. The molecule has 2 aromatic carbocycles. The van der Waals surface area contributed by atoms with Gasteiger partial charge in [0, 0.05) is 17.9 Å². The number of para-hydroxylation sites is 1. The van der Waals surface area contributed by atoms with Crippen molar-refractivity contribution in [2.75, 3.05) is 7.11 Å². The molecule has 0 radical (unpaired) electrons. The average molecular weight is 360 g/mol. The average Bonchev–Trinajstić information content (AvgIpc) is 3.22. The van der Waals surface area contributed by atoms with Gasteiger partial charge in [-0.15, -0.1) is 0 Å². The minimum Gasteiger partial charge on any atom is -0.497 e. The first-order valence-corrected chi connectivity index (χ1v) is 8.35. The number of carbonyl (C=O) groups is 2. The summed E-state index contributed by atoms with van der Waals surface area (Å²) in [6.07, 6.45) is 1.57. The molecule has 0 N–H and O–H groups in total. The van der Waals surface area contributed by atoms with Gasteiger partial charge >= 0.3 is 5.97 Å². The van der Waals surface area contributed by atoms with Crippen molar-refractivity contribution in [3.63, 3.8) is 0 Å². The highest BCUT2D eigenvalue weighted by Crippen LogP contribution is 2.25. The van der Waals surface area contributed by atoms with E-state index >= 15 is 0 Å². The van der Waals surface area contributed by atoms with Crippen LogP contribution >= 0.6 is 0 Å². The lowest BCUT2D eigenvalue weighted by atomic mass is 10.2. The van der Waals surface area contributed by atoms with Gasteiger partial charge in [0.05, 0.1) is 18.3 Å². The van der Waals surface area contributed by atoms with Crippen LogP contribution in [0.3, 0.4) is 0 Å². The summed E-state index contributed by atoms with van der Waals surface area (Å²) in [6.45, 7) is 1.48. The molecule has 2 heterocycles. The SMILES string of the molecule is COc1ccc(C2=NC(=Cc3cc4ccccc4n3C(C)=O)C(=O)O2)cc1. The monoisotopic (exact) mass is 360 g/mol. The zero-order valence-corrected chi connectivity index (χ0v) is 14.8. The van der Waals surface area contributed by atoms with Gasteiger partial charge < -0.3 is 9.47 Å². The molecule has 0 spiro atoms. The van der Waals surface area contributed by atoms with Gasteiger partial charge in [0.15, 0.2) is 5.70 Å². The molecule has 0 saturated heterocycles. The maximum absolute atomic E-state index is 12.3. The fraction of sp³-hybridized carbons (Fsp3) is 0.0952.